The Kier molecular flexibility index (Phi) is 7.77. The minimum absolute atomic E-state index is 0.0776. The molecular formula is C25H28N8O4. The van der Waals surface area contributed by atoms with E-state index in [1.807, 2.05) is 44.2 Å². The smallest absolute Gasteiger partial charge is 0.407 e. The normalized spacial score (nSPS) is 10.9. The average molecular weight is 505 g/mol. The van der Waals surface area contributed by atoms with Crippen LogP contribution in [0.5, 0.6) is 0 Å². The predicted molar refractivity (Wildman–Crippen MR) is 136 cm³/mol. The number of anilines is 1. The highest BCUT2D eigenvalue weighted by atomic mass is 16.5. The van der Waals surface area contributed by atoms with E-state index in [1.54, 1.807) is 15.3 Å². The van der Waals surface area contributed by atoms with Crippen molar-refractivity contribution in [2.45, 2.75) is 40.0 Å². The third kappa shape index (κ3) is 6.10. The second kappa shape index (κ2) is 11.3. The molecule has 0 aliphatic carbocycles. The molecule has 3 heterocycles. The first-order valence-electron chi connectivity index (χ1n) is 11.8. The topological polar surface area (TPSA) is 159 Å². The second-order valence-electron chi connectivity index (χ2n) is 8.29. The molecular weight excluding hydrogens is 476 g/mol. The summed E-state index contributed by atoms with van der Waals surface area (Å²) in [7, 11) is 0. The first-order chi connectivity index (χ1) is 17.9. The van der Waals surface area contributed by atoms with Crippen molar-refractivity contribution in [1.82, 2.24) is 29.6 Å². The van der Waals surface area contributed by atoms with Crippen molar-refractivity contribution in [3.05, 3.63) is 71.3 Å². The van der Waals surface area contributed by atoms with Crippen molar-refractivity contribution >= 4 is 34.9 Å². The molecule has 0 unspecified atom stereocenters. The van der Waals surface area contributed by atoms with Crippen molar-refractivity contribution in [2.75, 3.05) is 11.9 Å². The van der Waals surface area contributed by atoms with E-state index in [-0.39, 0.29) is 24.2 Å². The molecule has 0 spiro atoms. The molecule has 3 aromatic heterocycles. The molecule has 4 N–H and O–H groups in total. The van der Waals surface area contributed by atoms with Crippen LogP contribution in [0.4, 0.5) is 10.7 Å². The SMILES string of the molecule is CCn1nc(C)cc1C(=O)Nc1nc2cnc(C(N)=O)cc2n1CCCNC(=O)OCc1ccccc1. The van der Waals surface area contributed by atoms with Crippen molar-refractivity contribution in [1.29, 1.82) is 0 Å². The molecule has 0 radical (unpaired) electrons. The first kappa shape index (κ1) is 25.4. The van der Waals surface area contributed by atoms with Crippen LogP contribution in [0.25, 0.3) is 11.0 Å². The van der Waals surface area contributed by atoms with E-state index in [0.717, 1.165) is 11.3 Å². The summed E-state index contributed by atoms with van der Waals surface area (Å²) < 4.78 is 8.59. The summed E-state index contributed by atoms with van der Waals surface area (Å²) in [5, 5.41) is 9.87. The number of imidazole rings is 1. The lowest BCUT2D eigenvalue weighted by Gasteiger charge is -2.12. The Morgan fingerprint density at radius 3 is 2.65 bits per heavy atom. The zero-order valence-corrected chi connectivity index (χ0v) is 20.6. The summed E-state index contributed by atoms with van der Waals surface area (Å²) in [4.78, 5) is 45.3. The highest BCUT2D eigenvalue weighted by Crippen LogP contribution is 2.21. The molecule has 0 saturated heterocycles. The fourth-order valence-corrected chi connectivity index (χ4v) is 3.82. The van der Waals surface area contributed by atoms with Gasteiger partial charge < -0.3 is 20.4 Å². The van der Waals surface area contributed by atoms with E-state index in [1.165, 1.54) is 12.3 Å². The number of rotatable bonds is 10. The Balaban J connectivity index is 1.47. The Bertz CT molecular complexity index is 1430. The maximum Gasteiger partial charge on any atom is 0.407 e. The van der Waals surface area contributed by atoms with E-state index in [9.17, 15) is 14.4 Å². The van der Waals surface area contributed by atoms with Gasteiger partial charge in [-0.1, -0.05) is 30.3 Å². The summed E-state index contributed by atoms with van der Waals surface area (Å²) in [5.41, 5.74) is 8.55. The van der Waals surface area contributed by atoms with Crippen LogP contribution in [0.15, 0.2) is 48.7 Å². The Morgan fingerprint density at radius 1 is 1.14 bits per heavy atom. The van der Waals surface area contributed by atoms with E-state index < -0.39 is 12.0 Å². The number of fused-ring (bicyclic) bond motifs is 1. The molecule has 1 aromatic carbocycles. The van der Waals surface area contributed by atoms with Crippen LogP contribution in [-0.2, 0) is 24.4 Å². The molecule has 0 aliphatic heterocycles. The highest BCUT2D eigenvalue weighted by Gasteiger charge is 2.19. The van der Waals surface area contributed by atoms with Crippen LogP contribution < -0.4 is 16.4 Å². The van der Waals surface area contributed by atoms with Crippen LogP contribution in [0.2, 0.25) is 0 Å². The van der Waals surface area contributed by atoms with E-state index >= 15 is 0 Å². The molecule has 0 saturated carbocycles. The molecule has 0 aliphatic rings. The lowest BCUT2D eigenvalue weighted by Crippen LogP contribution is -2.26. The number of aromatic nitrogens is 5. The largest absolute Gasteiger partial charge is 0.445 e. The van der Waals surface area contributed by atoms with Gasteiger partial charge in [0.15, 0.2) is 0 Å². The standard InChI is InChI=1S/C25H28N8O4/c1-3-33-21(12-16(2)31-33)23(35)30-24-29-19-14-28-18(22(26)34)13-20(19)32(24)11-7-10-27-25(36)37-15-17-8-5-4-6-9-17/h4-6,8-9,12-14H,3,7,10-11,15H2,1-2H3,(H2,26,34)(H,27,36)(H,29,30,35). The molecule has 0 fully saturated rings. The number of amides is 3. The summed E-state index contributed by atoms with van der Waals surface area (Å²) in [5.74, 6) is -0.772. The summed E-state index contributed by atoms with van der Waals surface area (Å²) >= 11 is 0. The number of ether oxygens (including phenoxy) is 1. The fourth-order valence-electron chi connectivity index (χ4n) is 3.82. The second-order valence-corrected chi connectivity index (χ2v) is 8.29. The van der Waals surface area contributed by atoms with E-state index in [4.69, 9.17) is 10.5 Å². The minimum atomic E-state index is -0.676. The molecule has 12 heteroatoms. The molecule has 192 valence electrons. The zero-order valence-electron chi connectivity index (χ0n) is 20.6. The van der Waals surface area contributed by atoms with Gasteiger partial charge in [-0.15, -0.1) is 0 Å². The highest BCUT2D eigenvalue weighted by molar-refractivity contribution is 6.03. The van der Waals surface area contributed by atoms with Gasteiger partial charge in [0, 0.05) is 19.6 Å². The Morgan fingerprint density at radius 2 is 1.92 bits per heavy atom. The molecule has 4 rings (SSSR count). The van der Waals surface area contributed by atoms with E-state index in [0.29, 0.717) is 42.8 Å². The lowest BCUT2D eigenvalue weighted by molar-refractivity contribution is 0.0992. The summed E-state index contributed by atoms with van der Waals surface area (Å²) in [6.45, 7) is 5.10. The number of benzene rings is 1. The van der Waals surface area contributed by atoms with E-state index in [2.05, 4.69) is 25.7 Å². The van der Waals surface area contributed by atoms with Gasteiger partial charge in [-0.25, -0.2) is 14.8 Å². The monoisotopic (exact) mass is 504 g/mol. The molecule has 0 bridgehead atoms. The predicted octanol–water partition coefficient (Wildman–Crippen LogP) is 2.62. The van der Waals surface area contributed by atoms with Crippen molar-refractivity contribution in [3.63, 3.8) is 0 Å². The number of carbonyl (C=O) groups excluding carboxylic acids is 3. The van der Waals surface area contributed by atoms with Crippen molar-refractivity contribution in [3.8, 4) is 0 Å². The number of pyridine rings is 1. The number of aryl methyl sites for hydroxylation is 3. The van der Waals surface area contributed by atoms with Crippen LogP contribution in [-0.4, -0.2) is 48.8 Å². The van der Waals surface area contributed by atoms with Crippen LogP contribution >= 0.6 is 0 Å². The fraction of sp³-hybridized carbons (Fsp3) is 0.280. The average Bonchev–Trinajstić information content (AvgIpc) is 3.44. The molecule has 4 aromatic rings. The number of hydrogen-bond donors (Lipinski definition) is 3. The van der Waals surface area contributed by atoms with Gasteiger partial charge in [-0.05, 0) is 38.0 Å². The maximum absolute atomic E-state index is 13.0. The quantitative estimate of drug-likeness (QED) is 0.280. The van der Waals surface area contributed by atoms with Gasteiger partial charge in [0.1, 0.15) is 23.5 Å². The van der Waals surface area contributed by atoms with Gasteiger partial charge in [0.2, 0.25) is 5.95 Å². The van der Waals surface area contributed by atoms with Gasteiger partial charge >= 0.3 is 6.09 Å². The van der Waals surface area contributed by atoms with Crippen molar-refractivity contribution < 1.29 is 19.1 Å². The summed E-state index contributed by atoms with van der Waals surface area (Å²) in [6.07, 6.45) is 1.40. The van der Waals surface area contributed by atoms with Gasteiger partial charge in [0.25, 0.3) is 11.8 Å². The number of nitrogens with zero attached hydrogens (tertiary/aromatic N) is 5. The van der Waals surface area contributed by atoms with Gasteiger partial charge in [-0.2, -0.15) is 5.10 Å². The van der Waals surface area contributed by atoms with Crippen LogP contribution in [0.3, 0.4) is 0 Å². The number of hydrogen-bond acceptors (Lipinski definition) is 7. The number of nitrogens with two attached hydrogens (primary N) is 1. The van der Waals surface area contributed by atoms with Crippen LogP contribution in [0, 0.1) is 6.92 Å². The Hall–Kier alpha value is -4.74. The minimum Gasteiger partial charge on any atom is -0.445 e. The molecule has 3 amide bonds. The number of carbonyl (C=O) groups is 3. The third-order valence-electron chi connectivity index (χ3n) is 5.59. The number of nitrogens with one attached hydrogen (secondary N) is 2. The number of primary amides is 1. The van der Waals surface area contributed by atoms with Crippen LogP contribution in [0.1, 0.15) is 45.6 Å². The lowest BCUT2D eigenvalue weighted by atomic mass is 10.2. The Labute approximate surface area is 212 Å². The molecule has 37 heavy (non-hydrogen) atoms. The van der Waals surface area contributed by atoms with Crippen molar-refractivity contribution in [2.24, 2.45) is 5.73 Å². The zero-order chi connectivity index (χ0) is 26.4. The third-order valence-corrected chi connectivity index (χ3v) is 5.59. The van der Waals surface area contributed by atoms with Gasteiger partial charge in [-0.3, -0.25) is 19.6 Å². The molecule has 12 nitrogen and oxygen atoms in total. The van der Waals surface area contributed by atoms with Gasteiger partial charge in [0.05, 0.1) is 17.4 Å². The summed E-state index contributed by atoms with van der Waals surface area (Å²) in [6, 6.07) is 12.6. The molecule has 0 atom stereocenters. The number of alkyl carbamates (subject to hydrolysis) is 1. The first-order valence-corrected chi connectivity index (χ1v) is 11.8. The maximum atomic E-state index is 13.0.